The molecule has 1 saturated carbocycles. The molecule has 0 spiro atoms. The number of aromatic nitrogens is 1. The third-order valence-electron chi connectivity index (χ3n) is 6.33. The Labute approximate surface area is 145 Å². The lowest BCUT2D eigenvalue weighted by Crippen LogP contribution is -2.46. The average Bonchev–Trinajstić information content (AvgIpc) is 2.90. The first kappa shape index (κ1) is 17.5. The first-order valence-electron chi connectivity index (χ1n) is 9.42. The molecule has 3 rings (SSSR count). The molecular weight excluding hydrogens is 299 g/mol. The molecule has 1 heterocycles. The summed E-state index contributed by atoms with van der Waals surface area (Å²) in [4.78, 5) is 6.04. The van der Waals surface area contributed by atoms with E-state index in [0.717, 1.165) is 10.9 Å². The summed E-state index contributed by atoms with van der Waals surface area (Å²) in [5, 5.41) is 1.04. The second-order valence-corrected chi connectivity index (χ2v) is 7.85. The molecule has 1 aliphatic rings. The van der Waals surface area contributed by atoms with Gasteiger partial charge in [-0.3, -0.25) is 0 Å². The minimum Gasteiger partial charge on any atom is -0.358 e. The molecule has 0 radical (unpaired) electrons. The Morgan fingerprint density at radius 3 is 2.58 bits per heavy atom. The summed E-state index contributed by atoms with van der Waals surface area (Å²) in [6.45, 7) is 4.42. The molecule has 1 N–H and O–H groups in total. The fourth-order valence-electron chi connectivity index (χ4n) is 4.60. The van der Waals surface area contributed by atoms with Crippen LogP contribution in [0.15, 0.2) is 18.2 Å². The van der Waals surface area contributed by atoms with E-state index >= 15 is 0 Å². The summed E-state index contributed by atoms with van der Waals surface area (Å²) in [5.74, 6) is 0.432. The fourth-order valence-corrected chi connectivity index (χ4v) is 4.60. The maximum Gasteiger partial charge on any atom is 0.123 e. The molecule has 1 aliphatic carbocycles. The number of fused-ring (bicyclic) bond motifs is 1. The van der Waals surface area contributed by atoms with Crippen LogP contribution in [0.3, 0.4) is 0 Å². The van der Waals surface area contributed by atoms with Gasteiger partial charge < -0.3 is 9.88 Å². The maximum atomic E-state index is 13.6. The summed E-state index contributed by atoms with van der Waals surface area (Å²) in [5.41, 5.74) is 4.01. The second-order valence-electron chi connectivity index (χ2n) is 7.85. The number of H-pyrrole nitrogens is 1. The molecule has 0 bridgehead atoms. The minimum atomic E-state index is -0.147. The predicted molar refractivity (Wildman–Crippen MR) is 100 cm³/mol. The van der Waals surface area contributed by atoms with Gasteiger partial charge in [-0.25, -0.2) is 4.39 Å². The van der Waals surface area contributed by atoms with Gasteiger partial charge in [-0.1, -0.05) is 19.8 Å². The van der Waals surface area contributed by atoms with Crippen LogP contribution in [0.25, 0.3) is 10.9 Å². The molecule has 132 valence electrons. The Kier molecular flexibility index (Phi) is 5.00. The van der Waals surface area contributed by atoms with Crippen molar-refractivity contribution in [3.05, 3.63) is 35.3 Å². The lowest BCUT2D eigenvalue weighted by atomic mass is 9.72. The molecule has 3 heteroatoms. The van der Waals surface area contributed by atoms with Crippen molar-refractivity contribution >= 4 is 10.9 Å². The highest BCUT2D eigenvalue weighted by atomic mass is 19.1. The molecule has 0 saturated heterocycles. The topological polar surface area (TPSA) is 19.0 Å². The second kappa shape index (κ2) is 6.87. The lowest BCUT2D eigenvalue weighted by Gasteiger charge is -2.45. The zero-order chi connectivity index (χ0) is 17.3. The molecule has 1 aromatic heterocycles. The van der Waals surface area contributed by atoms with Crippen LogP contribution in [0, 0.1) is 12.7 Å². The Morgan fingerprint density at radius 1 is 1.25 bits per heavy atom. The molecular formula is C21H31FN2. The highest BCUT2D eigenvalue weighted by Gasteiger charge is 2.37. The number of hydrogen-bond donors (Lipinski definition) is 1. The summed E-state index contributed by atoms with van der Waals surface area (Å²) < 4.78 is 13.6. The van der Waals surface area contributed by atoms with E-state index in [4.69, 9.17) is 0 Å². The number of aromatic amines is 1. The van der Waals surface area contributed by atoms with Crippen LogP contribution in [-0.2, 0) is 0 Å². The Hall–Kier alpha value is -1.35. The molecule has 0 atom stereocenters. The van der Waals surface area contributed by atoms with Crippen LogP contribution < -0.4 is 0 Å². The number of hydrogen-bond acceptors (Lipinski definition) is 1. The first-order chi connectivity index (χ1) is 11.5. The van der Waals surface area contributed by atoms with Crippen LogP contribution in [-0.4, -0.2) is 29.5 Å². The van der Waals surface area contributed by atoms with Gasteiger partial charge in [0, 0.05) is 22.1 Å². The van der Waals surface area contributed by atoms with Gasteiger partial charge in [0.15, 0.2) is 0 Å². The largest absolute Gasteiger partial charge is 0.358 e. The minimum absolute atomic E-state index is 0.147. The van der Waals surface area contributed by atoms with Gasteiger partial charge in [0.25, 0.3) is 0 Å². The molecule has 0 unspecified atom stereocenters. The standard InChI is InChI=1S/C21H31FN2/c1-5-6-11-21(24(3)4)12-9-16(10-13-21)20-15(2)18-14-17(22)7-8-19(18)23-20/h7-8,14,16,23H,5-6,9-13H2,1-4H3. The fraction of sp³-hybridized carbons (Fsp3) is 0.619. The molecule has 2 nitrogen and oxygen atoms in total. The predicted octanol–water partition coefficient (Wildman–Crippen LogP) is 5.76. The average molecular weight is 330 g/mol. The SMILES string of the molecule is CCCCC1(N(C)C)CCC(c2[nH]c3ccc(F)cc3c2C)CC1. The number of halogens is 1. The zero-order valence-electron chi connectivity index (χ0n) is 15.6. The molecule has 2 aromatic rings. The number of nitrogens with zero attached hydrogens (tertiary/aromatic N) is 1. The van der Waals surface area contributed by atoms with E-state index < -0.39 is 0 Å². The van der Waals surface area contributed by atoms with Gasteiger partial charge in [0.05, 0.1) is 0 Å². The maximum absolute atomic E-state index is 13.6. The highest BCUT2D eigenvalue weighted by molar-refractivity contribution is 5.84. The smallest absolute Gasteiger partial charge is 0.123 e. The summed E-state index contributed by atoms with van der Waals surface area (Å²) in [6, 6.07) is 5.08. The normalized spacial score (nSPS) is 24.8. The molecule has 0 aliphatic heterocycles. The Bertz CT molecular complexity index is 693. The number of unbranched alkanes of at least 4 members (excludes halogenated alkanes) is 1. The van der Waals surface area contributed by atoms with E-state index in [2.05, 4.69) is 37.8 Å². The van der Waals surface area contributed by atoms with Crippen molar-refractivity contribution in [3.8, 4) is 0 Å². The van der Waals surface area contributed by atoms with E-state index in [9.17, 15) is 4.39 Å². The van der Waals surface area contributed by atoms with Crippen LogP contribution >= 0.6 is 0 Å². The van der Waals surface area contributed by atoms with Gasteiger partial charge >= 0.3 is 0 Å². The number of nitrogens with one attached hydrogen (secondary N) is 1. The number of rotatable bonds is 5. The van der Waals surface area contributed by atoms with Gasteiger partial charge in [0.2, 0.25) is 0 Å². The zero-order valence-corrected chi connectivity index (χ0v) is 15.6. The summed E-state index contributed by atoms with van der Waals surface area (Å²) in [7, 11) is 4.49. The highest BCUT2D eigenvalue weighted by Crippen LogP contribution is 2.44. The van der Waals surface area contributed by atoms with Gasteiger partial charge in [-0.2, -0.15) is 0 Å². The monoisotopic (exact) mass is 330 g/mol. The van der Waals surface area contributed by atoms with Crippen LogP contribution in [0.4, 0.5) is 4.39 Å². The molecule has 1 fully saturated rings. The molecule has 1 aromatic carbocycles. The van der Waals surface area contributed by atoms with Crippen molar-refractivity contribution in [2.45, 2.75) is 70.3 Å². The van der Waals surface area contributed by atoms with Crippen LogP contribution in [0.5, 0.6) is 0 Å². The van der Waals surface area contributed by atoms with E-state index in [1.54, 1.807) is 12.1 Å². The number of benzene rings is 1. The van der Waals surface area contributed by atoms with Gasteiger partial charge in [0.1, 0.15) is 5.82 Å². The third-order valence-corrected chi connectivity index (χ3v) is 6.33. The first-order valence-corrected chi connectivity index (χ1v) is 9.42. The lowest BCUT2D eigenvalue weighted by molar-refractivity contribution is 0.0802. The van der Waals surface area contributed by atoms with Crippen molar-refractivity contribution in [1.29, 1.82) is 0 Å². The number of aryl methyl sites for hydroxylation is 1. The van der Waals surface area contributed by atoms with Crippen molar-refractivity contribution in [3.63, 3.8) is 0 Å². The van der Waals surface area contributed by atoms with Crippen molar-refractivity contribution in [1.82, 2.24) is 9.88 Å². The summed E-state index contributed by atoms with van der Waals surface area (Å²) >= 11 is 0. The van der Waals surface area contributed by atoms with Gasteiger partial charge in [-0.05, 0) is 82.8 Å². The van der Waals surface area contributed by atoms with E-state index in [-0.39, 0.29) is 5.82 Å². The Morgan fingerprint density at radius 2 is 1.96 bits per heavy atom. The van der Waals surface area contributed by atoms with E-state index in [1.807, 2.05) is 6.07 Å². The quantitative estimate of drug-likeness (QED) is 0.738. The van der Waals surface area contributed by atoms with E-state index in [0.29, 0.717) is 11.5 Å². The Balaban J connectivity index is 1.80. The van der Waals surface area contributed by atoms with Crippen molar-refractivity contribution < 1.29 is 4.39 Å². The van der Waals surface area contributed by atoms with Gasteiger partial charge in [-0.15, -0.1) is 0 Å². The van der Waals surface area contributed by atoms with Crippen molar-refractivity contribution in [2.24, 2.45) is 0 Å². The molecule has 0 amide bonds. The van der Waals surface area contributed by atoms with Crippen molar-refractivity contribution in [2.75, 3.05) is 14.1 Å². The summed E-state index contributed by atoms with van der Waals surface area (Å²) in [6.07, 6.45) is 8.84. The third kappa shape index (κ3) is 3.11. The molecule has 24 heavy (non-hydrogen) atoms. The van der Waals surface area contributed by atoms with Crippen LogP contribution in [0.1, 0.15) is 69.0 Å². The van der Waals surface area contributed by atoms with E-state index in [1.165, 1.54) is 56.2 Å². The van der Waals surface area contributed by atoms with Crippen LogP contribution in [0.2, 0.25) is 0 Å².